The van der Waals surface area contributed by atoms with Crippen LogP contribution in [0.4, 0.5) is 5.69 Å². The van der Waals surface area contributed by atoms with Gasteiger partial charge >= 0.3 is 5.69 Å². The minimum Gasteiger partial charge on any atom is -0.475 e. The fourth-order valence-electron chi connectivity index (χ4n) is 1.62. The topological polar surface area (TPSA) is 69.4 Å². The summed E-state index contributed by atoms with van der Waals surface area (Å²) in [7, 11) is 0. The fraction of sp³-hybridized carbons (Fsp3) is 0.154. The van der Waals surface area contributed by atoms with E-state index in [1.807, 2.05) is 0 Å². The van der Waals surface area contributed by atoms with Crippen LogP contribution in [0.2, 0.25) is 9.36 Å². The van der Waals surface area contributed by atoms with Crippen LogP contribution in [0.15, 0.2) is 30.3 Å². The number of nitro benzene ring substituents is 1. The third-order valence-corrected chi connectivity index (χ3v) is 4.09. The Hall–Kier alpha value is -1.63. The molecule has 0 aliphatic rings. The largest absolute Gasteiger partial charge is 0.475 e. The number of carbonyl (C=O) groups is 1. The van der Waals surface area contributed by atoms with Gasteiger partial charge in [0.15, 0.2) is 11.9 Å². The number of ether oxygens (including phenoxy) is 1. The number of thiophene rings is 1. The molecule has 2 rings (SSSR count). The van der Waals surface area contributed by atoms with Gasteiger partial charge in [-0.15, -0.1) is 11.3 Å². The highest BCUT2D eigenvalue weighted by Gasteiger charge is 2.23. The maximum absolute atomic E-state index is 12.1. The Bertz CT molecular complexity index is 701. The average Bonchev–Trinajstić information content (AvgIpc) is 2.86. The Labute approximate surface area is 134 Å². The molecule has 21 heavy (non-hydrogen) atoms. The number of nitro groups is 1. The van der Waals surface area contributed by atoms with Crippen molar-refractivity contribution in [1.82, 2.24) is 0 Å². The minimum atomic E-state index is -0.875. The molecule has 0 saturated heterocycles. The van der Waals surface area contributed by atoms with Crippen LogP contribution in [0.3, 0.4) is 0 Å². The van der Waals surface area contributed by atoms with E-state index in [1.54, 1.807) is 12.1 Å². The van der Waals surface area contributed by atoms with Gasteiger partial charge in [-0.25, -0.2) is 0 Å². The lowest BCUT2D eigenvalue weighted by Crippen LogP contribution is -2.23. The molecule has 0 aliphatic heterocycles. The molecular formula is C13H9Cl2NO4S. The summed E-state index contributed by atoms with van der Waals surface area (Å²) in [6.07, 6.45) is -0.875. The van der Waals surface area contributed by atoms with E-state index in [2.05, 4.69) is 0 Å². The molecule has 0 radical (unpaired) electrons. The number of hydrogen-bond acceptors (Lipinski definition) is 5. The molecule has 110 valence electrons. The standard InChI is InChI=1S/C13H9Cl2NO4S/c1-7(13(17)11-4-5-12(15)21-11)20-10-3-2-8(14)6-9(10)16(18)19/h2-7H,1H3. The molecular weight excluding hydrogens is 337 g/mol. The lowest BCUT2D eigenvalue weighted by Gasteiger charge is -2.12. The molecule has 0 bridgehead atoms. The molecule has 8 heteroatoms. The van der Waals surface area contributed by atoms with Crippen LogP contribution in [-0.4, -0.2) is 16.8 Å². The molecule has 0 spiro atoms. The summed E-state index contributed by atoms with van der Waals surface area (Å²) in [6, 6.07) is 7.20. The zero-order valence-electron chi connectivity index (χ0n) is 10.7. The van der Waals surface area contributed by atoms with Gasteiger partial charge in [-0.2, -0.15) is 0 Å². The quantitative estimate of drug-likeness (QED) is 0.450. The lowest BCUT2D eigenvalue weighted by molar-refractivity contribution is -0.386. The van der Waals surface area contributed by atoms with E-state index >= 15 is 0 Å². The predicted octanol–water partition coefficient (Wildman–Crippen LogP) is 4.61. The van der Waals surface area contributed by atoms with Crippen molar-refractivity contribution in [3.63, 3.8) is 0 Å². The van der Waals surface area contributed by atoms with Gasteiger partial charge in [-0.1, -0.05) is 23.2 Å². The summed E-state index contributed by atoms with van der Waals surface area (Å²) in [5.41, 5.74) is -0.286. The van der Waals surface area contributed by atoms with Crippen molar-refractivity contribution < 1.29 is 14.5 Å². The predicted molar refractivity (Wildman–Crippen MR) is 81.9 cm³/mol. The molecule has 0 aliphatic carbocycles. The summed E-state index contributed by atoms with van der Waals surface area (Å²) in [5.74, 6) is -0.302. The molecule has 2 aromatic rings. The number of Topliss-reactive ketones (excluding diaryl/α,β-unsaturated/α-hetero) is 1. The van der Waals surface area contributed by atoms with Crippen LogP contribution in [0.25, 0.3) is 0 Å². The first kappa shape index (κ1) is 15.8. The molecule has 1 atom stereocenters. The summed E-state index contributed by atoms with van der Waals surface area (Å²) in [4.78, 5) is 22.9. The number of rotatable bonds is 5. The van der Waals surface area contributed by atoms with Crippen LogP contribution in [0.1, 0.15) is 16.6 Å². The monoisotopic (exact) mass is 345 g/mol. The highest BCUT2D eigenvalue weighted by atomic mass is 35.5. The van der Waals surface area contributed by atoms with Crippen LogP contribution < -0.4 is 4.74 Å². The number of benzene rings is 1. The number of ketones is 1. The normalized spacial score (nSPS) is 12.0. The molecule has 0 N–H and O–H groups in total. The van der Waals surface area contributed by atoms with Gasteiger partial charge in [-0.3, -0.25) is 14.9 Å². The van der Waals surface area contributed by atoms with Crippen LogP contribution in [0, 0.1) is 10.1 Å². The molecule has 1 heterocycles. The molecule has 1 aromatic carbocycles. The van der Waals surface area contributed by atoms with E-state index in [4.69, 9.17) is 27.9 Å². The maximum atomic E-state index is 12.1. The number of hydrogen-bond donors (Lipinski definition) is 0. The number of halogens is 2. The molecule has 1 aromatic heterocycles. The minimum absolute atomic E-state index is 0.00657. The summed E-state index contributed by atoms with van der Waals surface area (Å²) in [6.45, 7) is 1.52. The van der Waals surface area contributed by atoms with Crippen molar-refractivity contribution in [2.75, 3.05) is 0 Å². The molecule has 0 saturated carbocycles. The van der Waals surface area contributed by atoms with Gasteiger partial charge in [0.05, 0.1) is 14.1 Å². The fourth-order valence-corrected chi connectivity index (χ4v) is 2.85. The molecule has 5 nitrogen and oxygen atoms in total. The van der Waals surface area contributed by atoms with E-state index in [1.165, 1.54) is 25.1 Å². The van der Waals surface area contributed by atoms with Crippen molar-refractivity contribution in [1.29, 1.82) is 0 Å². The third kappa shape index (κ3) is 3.72. The first-order valence-corrected chi connectivity index (χ1v) is 7.36. The van der Waals surface area contributed by atoms with Crippen molar-refractivity contribution in [2.24, 2.45) is 0 Å². The van der Waals surface area contributed by atoms with E-state index in [9.17, 15) is 14.9 Å². The summed E-state index contributed by atoms with van der Waals surface area (Å²) < 4.78 is 5.89. The number of nitrogens with zero attached hydrogens (tertiary/aromatic N) is 1. The van der Waals surface area contributed by atoms with Gasteiger partial charge < -0.3 is 4.74 Å². The SMILES string of the molecule is CC(Oc1ccc(Cl)cc1[N+](=O)[O-])C(=O)c1ccc(Cl)s1. The summed E-state index contributed by atoms with van der Waals surface area (Å²) in [5, 5.41) is 11.2. The van der Waals surface area contributed by atoms with Crippen LogP contribution in [0.5, 0.6) is 5.75 Å². The maximum Gasteiger partial charge on any atom is 0.312 e. The Kier molecular flexibility index (Phi) is 4.82. The average molecular weight is 346 g/mol. The zero-order chi connectivity index (χ0) is 15.6. The van der Waals surface area contributed by atoms with E-state index < -0.39 is 11.0 Å². The van der Waals surface area contributed by atoms with Crippen molar-refractivity contribution in [3.8, 4) is 5.75 Å². The Morgan fingerprint density at radius 2 is 2.05 bits per heavy atom. The Morgan fingerprint density at radius 1 is 1.33 bits per heavy atom. The van der Waals surface area contributed by atoms with Gasteiger partial charge in [-0.05, 0) is 31.2 Å². The van der Waals surface area contributed by atoms with Crippen molar-refractivity contribution in [3.05, 3.63) is 54.7 Å². The van der Waals surface area contributed by atoms with Crippen LogP contribution in [-0.2, 0) is 0 Å². The van der Waals surface area contributed by atoms with Gasteiger partial charge in [0.1, 0.15) is 0 Å². The molecule has 0 amide bonds. The van der Waals surface area contributed by atoms with Crippen molar-refractivity contribution >= 4 is 46.0 Å². The van der Waals surface area contributed by atoms with E-state index in [0.717, 1.165) is 11.3 Å². The zero-order valence-corrected chi connectivity index (χ0v) is 13.0. The smallest absolute Gasteiger partial charge is 0.312 e. The second-order valence-corrected chi connectivity index (χ2v) is 6.25. The Morgan fingerprint density at radius 3 is 2.62 bits per heavy atom. The van der Waals surface area contributed by atoms with E-state index in [0.29, 0.717) is 9.21 Å². The van der Waals surface area contributed by atoms with Gasteiger partial charge in [0, 0.05) is 11.1 Å². The second kappa shape index (κ2) is 6.43. The first-order valence-electron chi connectivity index (χ1n) is 5.78. The summed E-state index contributed by atoms with van der Waals surface area (Å²) >= 11 is 12.6. The molecule has 0 fully saturated rings. The third-order valence-electron chi connectivity index (χ3n) is 2.61. The lowest BCUT2D eigenvalue weighted by atomic mass is 10.2. The second-order valence-electron chi connectivity index (χ2n) is 4.10. The number of carbonyl (C=O) groups excluding carboxylic acids is 1. The van der Waals surface area contributed by atoms with Gasteiger partial charge in [0.25, 0.3) is 0 Å². The van der Waals surface area contributed by atoms with Crippen molar-refractivity contribution in [2.45, 2.75) is 13.0 Å². The highest BCUT2D eigenvalue weighted by Crippen LogP contribution is 2.31. The Balaban J connectivity index is 2.21. The van der Waals surface area contributed by atoms with Crippen LogP contribution >= 0.6 is 34.5 Å². The molecule has 1 unspecified atom stereocenters. The highest BCUT2D eigenvalue weighted by molar-refractivity contribution is 7.18. The first-order chi connectivity index (χ1) is 9.88. The van der Waals surface area contributed by atoms with Gasteiger partial charge in [0.2, 0.25) is 5.78 Å². The van der Waals surface area contributed by atoms with E-state index in [-0.39, 0.29) is 22.2 Å².